The zero-order chi connectivity index (χ0) is 15.2. The van der Waals surface area contributed by atoms with Crippen LogP contribution in [0.4, 0.5) is 0 Å². The second-order valence-corrected chi connectivity index (χ2v) is 5.54. The number of carbonyl (C=O) groups is 1. The highest BCUT2D eigenvalue weighted by Gasteiger charge is 2.05. The van der Waals surface area contributed by atoms with Gasteiger partial charge in [-0.05, 0) is 37.1 Å². The van der Waals surface area contributed by atoms with Gasteiger partial charge in [0.1, 0.15) is 17.7 Å². The largest absolute Gasteiger partial charge is 0.464 e. The molecule has 0 radical (unpaired) electrons. The normalized spacial score (nSPS) is 11.1. The molecule has 1 aromatic carbocycles. The quantitative estimate of drug-likeness (QED) is 0.491. The van der Waals surface area contributed by atoms with Gasteiger partial charge in [-0.1, -0.05) is 12.8 Å². The number of imidazole rings is 1. The van der Waals surface area contributed by atoms with E-state index in [4.69, 9.17) is 4.42 Å². The van der Waals surface area contributed by atoms with Crippen LogP contribution in [0.5, 0.6) is 0 Å². The molecule has 4 nitrogen and oxygen atoms in total. The molecule has 0 spiro atoms. The van der Waals surface area contributed by atoms with Gasteiger partial charge in [0, 0.05) is 23.8 Å². The first-order valence-electron chi connectivity index (χ1n) is 7.82. The van der Waals surface area contributed by atoms with Crippen LogP contribution in [0.25, 0.3) is 22.2 Å². The van der Waals surface area contributed by atoms with Crippen molar-refractivity contribution in [1.82, 2.24) is 9.97 Å². The first-order valence-corrected chi connectivity index (χ1v) is 7.82. The van der Waals surface area contributed by atoms with Crippen LogP contribution in [-0.4, -0.2) is 16.3 Å². The molecule has 0 atom stereocenters. The lowest BCUT2D eigenvalue weighted by Gasteiger charge is -1.99. The average Bonchev–Trinajstić information content (AvgIpc) is 3.18. The highest BCUT2D eigenvalue weighted by Crippen LogP contribution is 2.24. The van der Waals surface area contributed by atoms with Crippen molar-refractivity contribution < 1.29 is 9.21 Å². The summed E-state index contributed by atoms with van der Waals surface area (Å²) in [5.41, 5.74) is 3.07. The van der Waals surface area contributed by atoms with Gasteiger partial charge in [-0.25, -0.2) is 4.98 Å². The maximum absolute atomic E-state index is 10.2. The zero-order valence-corrected chi connectivity index (χ0v) is 12.5. The van der Waals surface area contributed by atoms with Crippen LogP contribution >= 0.6 is 0 Å². The zero-order valence-electron chi connectivity index (χ0n) is 12.5. The smallest absolute Gasteiger partial charge is 0.133 e. The van der Waals surface area contributed by atoms with E-state index in [0.29, 0.717) is 6.42 Å². The van der Waals surface area contributed by atoms with Crippen molar-refractivity contribution >= 4 is 17.3 Å². The van der Waals surface area contributed by atoms with Crippen LogP contribution in [0, 0.1) is 0 Å². The fourth-order valence-corrected chi connectivity index (χ4v) is 2.64. The van der Waals surface area contributed by atoms with Crippen molar-refractivity contribution in [3.63, 3.8) is 0 Å². The summed E-state index contributed by atoms with van der Waals surface area (Å²) >= 11 is 0. The summed E-state index contributed by atoms with van der Waals surface area (Å²) in [5.74, 6) is 1.03. The highest BCUT2D eigenvalue weighted by atomic mass is 16.3. The fourth-order valence-electron chi connectivity index (χ4n) is 2.64. The molecule has 0 aliphatic rings. The number of fused-ring (bicyclic) bond motifs is 1. The van der Waals surface area contributed by atoms with Gasteiger partial charge in [0.15, 0.2) is 0 Å². The fraction of sp³-hybridized carbons (Fsp3) is 0.333. The number of aldehydes is 1. The van der Waals surface area contributed by atoms with Crippen LogP contribution in [0.15, 0.2) is 41.1 Å². The molecule has 114 valence electrons. The Kier molecular flexibility index (Phi) is 4.68. The third-order valence-corrected chi connectivity index (χ3v) is 3.88. The van der Waals surface area contributed by atoms with Gasteiger partial charge in [-0.3, -0.25) is 0 Å². The minimum atomic E-state index is 0.682. The van der Waals surface area contributed by atoms with Gasteiger partial charge in [0.2, 0.25) is 0 Å². The molecule has 22 heavy (non-hydrogen) atoms. The molecule has 0 saturated heterocycles. The molecular weight excluding hydrogens is 276 g/mol. The number of hydrogen-bond acceptors (Lipinski definition) is 3. The Morgan fingerprint density at radius 3 is 2.95 bits per heavy atom. The first kappa shape index (κ1) is 14.6. The number of H-pyrrole nitrogens is 1. The van der Waals surface area contributed by atoms with Gasteiger partial charge < -0.3 is 14.2 Å². The van der Waals surface area contributed by atoms with E-state index >= 15 is 0 Å². The summed E-state index contributed by atoms with van der Waals surface area (Å²) in [4.78, 5) is 18.1. The second-order valence-electron chi connectivity index (χ2n) is 5.54. The number of furan rings is 1. The molecule has 3 aromatic rings. The monoisotopic (exact) mass is 296 g/mol. The lowest BCUT2D eigenvalue weighted by atomic mass is 10.1. The SMILES string of the molecule is O=CCCCCCCc1ncc(-c2ccc3occc3c2)[nH]1. The van der Waals surface area contributed by atoms with Crippen molar-refractivity contribution in [3.8, 4) is 11.3 Å². The minimum absolute atomic E-state index is 0.682. The van der Waals surface area contributed by atoms with Gasteiger partial charge in [-0.2, -0.15) is 0 Å². The molecule has 0 amide bonds. The van der Waals surface area contributed by atoms with Crippen molar-refractivity contribution in [2.75, 3.05) is 0 Å². The van der Waals surface area contributed by atoms with Crippen LogP contribution in [0.3, 0.4) is 0 Å². The second kappa shape index (κ2) is 7.07. The van der Waals surface area contributed by atoms with Crippen LogP contribution in [-0.2, 0) is 11.2 Å². The molecule has 0 bridgehead atoms. The molecule has 2 aromatic heterocycles. The Morgan fingerprint density at radius 1 is 1.14 bits per heavy atom. The minimum Gasteiger partial charge on any atom is -0.464 e. The van der Waals surface area contributed by atoms with Crippen molar-refractivity contribution in [2.24, 2.45) is 0 Å². The molecule has 2 heterocycles. The number of aromatic nitrogens is 2. The number of nitrogens with zero attached hydrogens (tertiary/aromatic N) is 1. The summed E-state index contributed by atoms with van der Waals surface area (Å²) in [6.45, 7) is 0. The van der Waals surface area contributed by atoms with Crippen molar-refractivity contribution in [2.45, 2.75) is 38.5 Å². The molecular formula is C18H20N2O2. The summed E-state index contributed by atoms with van der Waals surface area (Å²) in [5, 5.41) is 1.10. The predicted octanol–water partition coefficient (Wildman–Crippen LogP) is 4.51. The van der Waals surface area contributed by atoms with E-state index in [0.717, 1.165) is 66.4 Å². The standard InChI is InChI=1S/C18H20N2O2/c21-10-5-3-1-2-4-6-18-19-13-16(20-18)14-7-8-17-15(12-14)9-11-22-17/h7-13H,1-6H2,(H,19,20). The molecule has 3 rings (SSSR count). The van der Waals surface area contributed by atoms with Gasteiger partial charge in [0.25, 0.3) is 0 Å². The van der Waals surface area contributed by atoms with E-state index in [1.807, 2.05) is 24.4 Å². The van der Waals surface area contributed by atoms with Gasteiger partial charge in [-0.15, -0.1) is 0 Å². The van der Waals surface area contributed by atoms with Crippen LogP contribution in [0.2, 0.25) is 0 Å². The highest BCUT2D eigenvalue weighted by molar-refractivity contribution is 5.82. The van der Waals surface area contributed by atoms with Gasteiger partial charge in [0.05, 0.1) is 18.2 Å². The Balaban J connectivity index is 1.57. The van der Waals surface area contributed by atoms with Gasteiger partial charge >= 0.3 is 0 Å². The molecule has 0 aliphatic carbocycles. The van der Waals surface area contributed by atoms with E-state index in [2.05, 4.69) is 16.0 Å². The number of aryl methyl sites for hydroxylation is 1. The number of nitrogens with one attached hydrogen (secondary N) is 1. The number of carbonyl (C=O) groups excluding carboxylic acids is 1. The lowest BCUT2D eigenvalue weighted by Crippen LogP contribution is -1.89. The molecule has 4 heteroatoms. The lowest BCUT2D eigenvalue weighted by molar-refractivity contribution is -0.107. The molecule has 1 N–H and O–H groups in total. The predicted molar refractivity (Wildman–Crippen MR) is 86.6 cm³/mol. The van der Waals surface area contributed by atoms with E-state index in [1.54, 1.807) is 6.26 Å². The molecule has 0 fully saturated rings. The van der Waals surface area contributed by atoms with E-state index in [-0.39, 0.29) is 0 Å². The summed E-state index contributed by atoms with van der Waals surface area (Å²) in [7, 11) is 0. The summed E-state index contributed by atoms with van der Waals surface area (Å²) < 4.78 is 5.36. The third-order valence-electron chi connectivity index (χ3n) is 3.88. The number of aromatic amines is 1. The maximum Gasteiger partial charge on any atom is 0.133 e. The molecule has 0 saturated carbocycles. The number of benzene rings is 1. The Bertz CT molecular complexity index is 742. The van der Waals surface area contributed by atoms with Crippen molar-refractivity contribution in [1.29, 1.82) is 0 Å². The van der Waals surface area contributed by atoms with E-state index in [1.165, 1.54) is 0 Å². The Morgan fingerprint density at radius 2 is 2.05 bits per heavy atom. The van der Waals surface area contributed by atoms with E-state index < -0.39 is 0 Å². The first-order chi connectivity index (χ1) is 10.9. The third kappa shape index (κ3) is 3.45. The molecule has 0 aliphatic heterocycles. The van der Waals surface area contributed by atoms with Crippen LogP contribution < -0.4 is 0 Å². The Hall–Kier alpha value is -2.36. The maximum atomic E-state index is 10.2. The summed E-state index contributed by atoms with van der Waals surface area (Å²) in [6.07, 6.45) is 10.6. The average molecular weight is 296 g/mol. The summed E-state index contributed by atoms with van der Waals surface area (Å²) in [6, 6.07) is 8.10. The van der Waals surface area contributed by atoms with Crippen molar-refractivity contribution in [3.05, 3.63) is 42.5 Å². The van der Waals surface area contributed by atoms with Crippen LogP contribution in [0.1, 0.15) is 37.9 Å². The Labute approximate surface area is 129 Å². The van der Waals surface area contributed by atoms with E-state index in [9.17, 15) is 4.79 Å². The topological polar surface area (TPSA) is 58.9 Å². The number of rotatable bonds is 8. The number of unbranched alkanes of at least 4 members (excludes halogenated alkanes) is 4. The molecule has 0 unspecified atom stereocenters. The number of hydrogen-bond donors (Lipinski definition) is 1.